The van der Waals surface area contributed by atoms with Gasteiger partial charge in [0.1, 0.15) is 5.82 Å². The Kier molecular flexibility index (Phi) is 3.95. The van der Waals surface area contributed by atoms with Gasteiger partial charge in [-0.25, -0.2) is 4.98 Å². The summed E-state index contributed by atoms with van der Waals surface area (Å²) in [4.78, 5) is 6.93. The number of piperazine rings is 1. The van der Waals surface area contributed by atoms with Crippen molar-refractivity contribution in [3.05, 3.63) is 18.3 Å². The third-order valence-electron chi connectivity index (χ3n) is 4.99. The molecule has 2 aliphatic heterocycles. The van der Waals surface area contributed by atoms with E-state index in [2.05, 4.69) is 62.0 Å². The Hall–Kier alpha value is -1.11. The SMILES string of the molecule is CC1CN(c2ccc(B3OC(C)(C)C(C)(C)O3)cn2)CCN1. The zero-order chi connectivity index (χ0) is 16.0. The molecule has 1 atom stereocenters. The van der Waals surface area contributed by atoms with Gasteiger partial charge in [-0.1, -0.05) is 6.07 Å². The van der Waals surface area contributed by atoms with E-state index < -0.39 is 0 Å². The summed E-state index contributed by atoms with van der Waals surface area (Å²) in [5.74, 6) is 1.02. The Bertz CT molecular complexity index is 517. The fraction of sp³-hybridized carbons (Fsp3) is 0.688. The highest BCUT2D eigenvalue weighted by Crippen LogP contribution is 2.36. The van der Waals surface area contributed by atoms with Crippen molar-refractivity contribution in [2.45, 2.75) is 51.9 Å². The summed E-state index contributed by atoms with van der Waals surface area (Å²) in [6.07, 6.45) is 1.88. The molecule has 22 heavy (non-hydrogen) atoms. The minimum absolute atomic E-state index is 0.315. The van der Waals surface area contributed by atoms with Crippen LogP contribution in [0.15, 0.2) is 18.3 Å². The number of rotatable bonds is 2. The maximum absolute atomic E-state index is 6.07. The average molecular weight is 303 g/mol. The summed E-state index contributed by atoms with van der Waals surface area (Å²) in [7, 11) is -0.339. The lowest BCUT2D eigenvalue weighted by Gasteiger charge is -2.32. The van der Waals surface area contributed by atoms with E-state index in [1.165, 1.54) is 0 Å². The Morgan fingerprint density at radius 2 is 1.91 bits per heavy atom. The Labute approximate surface area is 133 Å². The van der Waals surface area contributed by atoms with Crippen molar-refractivity contribution in [1.82, 2.24) is 10.3 Å². The van der Waals surface area contributed by atoms with Crippen LogP contribution in [0.3, 0.4) is 0 Å². The number of pyridine rings is 1. The lowest BCUT2D eigenvalue weighted by Crippen LogP contribution is -2.49. The van der Waals surface area contributed by atoms with Gasteiger partial charge in [0.2, 0.25) is 0 Å². The highest BCUT2D eigenvalue weighted by atomic mass is 16.7. The molecular formula is C16H26BN3O2. The van der Waals surface area contributed by atoms with Crippen molar-refractivity contribution in [2.75, 3.05) is 24.5 Å². The predicted octanol–water partition coefficient (Wildman–Crippen LogP) is 1.18. The van der Waals surface area contributed by atoms with Crippen LogP contribution in [0.2, 0.25) is 0 Å². The number of hydrogen-bond acceptors (Lipinski definition) is 5. The van der Waals surface area contributed by atoms with Crippen molar-refractivity contribution in [2.24, 2.45) is 0 Å². The van der Waals surface area contributed by atoms with Gasteiger partial charge in [0.15, 0.2) is 0 Å². The standard InChI is InChI=1S/C16H26BN3O2/c1-12-11-20(9-8-18-12)14-7-6-13(10-19-14)17-21-15(2,3)16(4,5)22-17/h6-7,10,12,18H,8-9,11H2,1-5H3. The minimum Gasteiger partial charge on any atom is -0.399 e. The Balaban J connectivity index is 1.72. The van der Waals surface area contributed by atoms with Crippen LogP contribution in [-0.2, 0) is 9.31 Å². The summed E-state index contributed by atoms with van der Waals surface area (Å²) < 4.78 is 12.1. The van der Waals surface area contributed by atoms with Crippen LogP contribution in [0, 0.1) is 0 Å². The first-order valence-corrected chi connectivity index (χ1v) is 8.08. The van der Waals surface area contributed by atoms with Gasteiger partial charge in [0, 0.05) is 37.3 Å². The van der Waals surface area contributed by atoms with E-state index in [-0.39, 0.29) is 18.3 Å². The second-order valence-electron chi connectivity index (χ2n) is 7.34. The molecule has 0 radical (unpaired) electrons. The normalized spacial score (nSPS) is 27.2. The minimum atomic E-state index is -0.339. The molecule has 0 spiro atoms. The van der Waals surface area contributed by atoms with Crippen LogP contribution >= 0.6 is 0 Å². The number of aromatic nitrogens is 1. The highest BCUT2D eigenvalue weighted by Gasteiger charge is 2.51. The first-order chi connectivity index (χ1) is 10.3. The molecule has 6 heteroatoms. The lowest BCUT2D eigenvalue weighted by molar-refractivity contribution is 0.00578. The predicted molar refractivity (Wildman–Crippen MR) is 89.6 cm³/mol. The summed E-state index contributed by atoms with van der Waals surface area (Å²) in [6.45, 7) is 13.4. The van der Waals surface area contributed by atoms with Gasteiger partial charge >= 0.3 is 7.12 Å². The van der Waals surface area contributed by atoms with Crippen molar-refractivity contribution < 1.29 is 9.31 Å². The summed E-state index contributed by atoms with van der Waals surface area (Å²) in [6, 6.07) is 4.63. The highest BCUT2D eigenvalue weighted by molar-refractivity contribution is 6.62. The first-order valence-electron chi connectivity index (χ1n) is 8.08. The molecule has 0 aliphatic carbocycles. The van der Waals surface area contributed by atoms with Crippen LogP contribution in [0.4, 0.5) is 5.82 Å². The van der Waals surface area contributed by atoms with Gasteiger partial charge in [-0.15, -0.1) is 0 Å². The van der Waals surface area contributed by atoms with E-state index in [1.807, 2.05) is 6.20 Å². The van der Waals surface area contributed by atoms with Gasteiger partial charge in [-0.3, -0.25) is 0 Å². The van der Waals surface area contributed by atoms with Crippen LogP contribution in [0.1, 0.15) is 34.6 Å². The number of hydrogen-bond donors (Lipinski definition) is 1. The molecule has 2 saturated heterocycles. The van der Waals surface area contributed by atoms with Gasteiger partial charge in [0.05, 0.1) is 11.2 Å². The molecule has 5 nitrogen and oxygen atoms in total. The molecule has 3 rings (SSSR count). The molecule has 0 amide bonds. The van der Waals surface area contributed by atoms with Crippen molar-refractivity contribution in [3.8, 4) is 0 Å². The molecule has 2 fully saturated rings. The van der Waals surface area contributed by atoms with Gasteiger partial charge < -0.3 is 19.5 Å². The maximum Gasteiger partial charge on any atom is 0.496 e. The molecule has 0 saturated carbocycles. The number of nitrogens with one attached hydrogen (secondary N) is 1. The van der Waals surface area contributed by atoms with E-state index in [0.29, 0.717) is 6.04 Å². The van der Waals surface area contributed by atoms with E-state index in [1.54, 1.807) is 0 Å². The smallest absolute Gasteiger partial charge is 0.399 e. The summed E-state index contributed by atoms with van der Waals surface area (Å²) >= 11 is 0. The molecule has 2 aliphatic rings. The topological polar surface area (TPSA) is 46.6 Å². The molecular weight excluding hydrogens is 277 g/mol. The Morgan fingerprint density at radius 1 is 1.23 bits per heavy atom. The van der Waals surface area contributed by atoms with Crippen molar-refractivity contribution in [3.63, 3.8) is 0 Å². The van der Waals surface area contributed by atoms with Crippen molar-refractivity contribution >= 4 is 18.4 Å². The van der Waals surface area contributed by atoms with Crippen molar-refractivity contribution in [1.29, 1.82) is 0 Å². The van der Waals surface area contributed by atoms with E-state index in [0.717, 1.165) is 30.9 Å². The molecule has 1 N–H and O–H groups in total. The van der Waals surface area contributed by atoms with Crippen LogP contribution in [0.25, 0.3) is 0 Å². The average Bonchev–Trinajstić information content (AvgIpc) is 2.68. The molecule has 1 unspecified atom stereocenters. The molecule has 0 bridgehead atoms. The molecule has 3 heterocycles. The van der Waals surface area contributed by atoms with E-state index in [4.69, 9.17) is 9.31 Å². The van der Waals surface area contributed by atoms with Gasteiger partial charge in [-0.05, 0) is 40.7 Å². The quantitative estimate of drug-likeness (QED) is 0.831. The second kappa shape index (κ2) is 5.51. The van der Waals surface area contributed by atoms with Crippen LogP contribution in [0.5, 0.6) is 0 Å². The van der Waals surface area contributed by atoms with Gasteiger partial charge in [-0.2, -0.15) is 0 Å². The maximum atomic E-state index is 6.07. The van der Waals surface area contributed by atoms with E-state index >= 15 is 0 Å². The van der Waals surface area contributed by atoms with Crippen LogP contribution in [-0.4, -0.2) is 49.0 Å². The third kappa shape index (κ3) is 2.87. The molecule has 1 aromatic rings. The summed E-state index contributed by atoms with van der Waals surface area (Å²) in [5, 5.41) is 3.45. The Morgan fingerprint density at radius 3 is 2.45 bits per heavy atom. The fourth-order valence-corrected chi connectivity index (χ4v) is 2.84. The molecule has 120 valence electrons. The second-order valence-corrected chi connectivity index (χ2v) is 7.34. The fourth-order valence-electron chi connectivity index (χ4n) is 2.84. The largest absolute Gasteiger partial charge is 0.496 e. The lowest BCUT2D eigenvalue weighted by atomic mass is 9.80. The third-order valence-corrected chi connectivity index (χ3v) is 4.99. The zero-order valence-corrected chi connectivity index (χ0v) is 14.2. The number of nitrogens with zero attached hydrogens (tertiary/aromatic N) is 2. The first kappa shape index (κ1) is 15.8. The molecule has 0 aromatic carbocycles. The van der Waals surface area contributed by atoms with Gasteiger partial charge in [0.25, 0.3) is 0 Å². The van der Waals surface area contributed by atoms with E-state index in [9.17, 15) is 0 Å². The molecule has 1 aromatic heterocycles. The van der Waals surface area contributed by atoms with Crippen LogP contribution < -0.4 is 15.7 Å². The zero-order valence-electron chi connectivity index (χ0n) is 14.2. The monoisotopic (exact) mass is 303 g/mol. The summed E-state index contributed by atoms with van der Waals surface area (Å²) in [5.41, 5.74) is 0.347. The number of anilines is 1.